The molecule has 1 rings (SSSR count). The van der Waals surface area contributed by atoms with Crippen LogP contribution in [0, 0.1) is 12.7 Å². The van der Waals surface area contributed by atoms with Crippen LogP contribution in [0.25, 0.3) is 0 Å². The van der Waals surface area contributed by atoms with Gasteiger partial charge in [-0.1, -0.05) is 6.07 Å². The summed E-state index contributed by atoms with van der Waals surface area (Å²) in [7, 11) is 1.50. The van der Waals surface area contributed by atoms with Gasteiger partial charge in [0.25, 0.3) is 0 Å². The number of carbonyl (C=O) groups excluding carboxylic acids is 1. The van der Waals surface area contributed by atoms with E-state index >= 15 is 0 Å². The van der Waals surface area contributed by atoms with Gasteiger partial charge in [0.1, 0.15) is 5.82 Å². The highest BCUT2D eigenvalue weighted by atomic mass is 35.5. The molecular weight excluding hydrogens is 259 g/mol. The quantitative estimate of drug-likeness (QED) is 0.863. The van der Waals surface area contributed by atoms with Crippen LogP contribution in [0.4, 0.5) is 10.1 Å². The van der Waals surface area contributed by atoms with Crippen molar-refractivity contribution in [3.63, 3.8) is 0 Å². The lowest BCUT2D eigenvalue weighted by molar-refractivity contribution is -0.118. The fourth-order valence-electron chi connectivity index (χ4n) is 1.41. The van der Waals surface area contributed by atoms with E-state index in [0.717, 1.165) is 0 Å². The van der Waals surface area contributed by atoms with Gasteiger partial charge in [-0.2, -0.15) is 0 Å². The van der Waals surface area contributed by atoms with Crippen molar-refractivity contribution in [2.45, 2.75) is 19.4 Å². The van der Waals surface area contributed by atoms with Crippen LogP contribution in [0.3, 0.4) is 0 Å². The maximum absolute atomic E-state index is 13.2. The van der Waals surface area contributed by atoms with Gasteiger partial charge in [0, 0.05) is 24.9 Å². The maximum Gasteiger partial charge on any atom is 0.227 e. The van der Waals surface area contributed by atoms with Gasteiger partial charge in [-0.15, -0.1) is 12.4 Å². The van der Waals surface area contributed by atoms with Crippen LogP contribution in [0.15, 0.2) is 18.2 Å². The molecule has 0 saturated carbocycles. The predicted molar refractivity (Wildman–Crippen MR) is 71.5 cm³/mol. The summed E-state index contributed by atoms with van der Waals surface area (Å²) >= 11 is 0. The Labute approximate surface area is 112 Å². The highest BCUT2D eigenvalue weighted by Gasteiger charge is 2.13. The molecule has 0 aliphatic carbocycles. The van der Waals surface area contributed by atoms with E-state index in [4.69, 9.17) is 10.5 Å². The number of halogens is 2. The minimum absolute atomic E-state index is 0. The molecule has 0 heterocycles. The average Bonchev–Trinajstić information content (AvgIpc) is 2.32. The van der Waals surface area contributed by atoms with E-state index in [1.54, 1.807) is 19.1 Å². The topological polar surface area (TPSA) is 64.3 Å². The van der Waals surface area contributed by atoms with Crippen molar-refractivity contribution in [1.29, 1.82) is 0 Å². The number of nitrogens with one attached hydrogen (secondary N) is 1. The molecule has 0 spiro atoms. The summed E-state index contributed by atoms with van der Waals surface area (Å²) in [4.78, 5) is 11.6. The minimum atomic E-state index is -0.343. The summed E-state index contributed by atoms with van der Waals surface area (Å²) < 4.78 is 18.2. The highest BCUT2D eigenvalue weighted by molar-refractivity contribution is 5.91. The van der Waals surface area contributed by atoms with Crippen LogP contribution in [0.2, 0.25) is 0 Å². The molecule has 0 aliphatic rings. The zero-order chi connectivity index (χ0) is 12.8. The third kappa shape index (κ3) is 4.60. The van der Waals surface area contributed by atoms with Gasteiger partial charge in [-0.05, 0) is 19.1 Å². The fourth-order valence-corrected chi connectivity index (χ4v) is 1.41. The van der Waals surface area contributed by atoms with Crippen LogP contribution in [0.5, 0.6) is 0 Å². The van der Waals surface area contributed by atoms with E-state index in [-0.39, 0.29) is 43.2 Å². The van der Waals surface area contributed by atoms with Crippen LogP contribution in [-0.4, -0.2) is 25.7 Å². The second kappa shape index (κ2) is 8.02. The second-order valence-corrected chi connectivity index (χ2v) is 3.76. The number of methoxy groups -OCH3 is 1. The SMILES string of the molecule is COC(CN)CC(=O)Nc1cccc(F)c1C.Cl. The number of anilines is 1. The van der Waals surface area contributed by atoms with Crippen molar-refractivity contribution < 1.29 is 13.9 Å². The first-order valence-electron chi connectivity index (χ1n) is 5.36. The van der Waals surface area contributed by atoms with Crippen molar-refractivity contribution in [1.82, 2.24) is 0 Å². The first kappa shape index (κ1) is 16.8. The lowest BCUT2D eigenvalue weighted by Crippen LogP contribution is -2.28. The van der Waals surface area contributed by atoms with Gasteiger partial charge in [0.15, 0.2) is 0 Å². The Morgan fingerprint density at radius 3 is 2.78 bits per heavy atom. The molecule has 6 heteroatoms. The number of rotatable bonds is 5. The number of hydrogen-bond acceptors (Lipinski definition) is 3. The van der Waals surface area contributed by atoms with Crippen molar-refractivity contribution >= 4 is 24.0 Å². The summed E-state index contributed by atoms with van der Waals surface area (Å²) in [6, 6.07) is 4.55. The highest BCUT2D eigenvalue weighted by Crippen LogP contribution is 2.17. The van der Waals surface area contributed by atoms with Gasteiger partial charge < -0.3 is 15.8 Å². The van der Waals surface area contributed by atoms with Gasteiger partial charge in [0.05, 0.1) is 12.5 Å². The summed E-state index contributed by atoms with van der Waals surface area (Å²) in [6.45, 7) is 1.88. The largest absolute Gasteiger partial charge is 0.380 e. The lowest BCUT2D eigenvalue weighted by atomic mass is 10.1. The molecule has 1 amide bonds. The Kier molecular flexibility index (Phi) is 7.50. The Balaban J connectivity index is 0.00000289. The normalized spacial score (nSPS) is 11.6. The van der Waals surface area contributed by atoms with Crippen LogP contribution >= 0.6 is 12.4 Å². The minimum Gasteiger partial charge on any atom is -0.380 e. The van der Waals surface area contributed by atoms with E-state index in [1.165, 1.54) is 13.2 Å². The second-order valence-electron chi connectivity index (χ2n) is 3.76. The number of carbonyl (C=O) groups is 1. The number of benzene rings is 1. The number of ether oxygens (including phenoxy) is 1. The Morgan fingerprint density at radius 1 is 1.56 bits per heavy atom. The van der Waals surface area contributed by atoms with Crippen molar-refractivity contribution in [3.05, 3.63) is 29.6 Å². The maximum atomic E-state index is 13.2. The van der Waals surface area contributed by atoms with Crippen LogP contribution < -0.4 is 11.1 Å². The van der Waals surface area contributed by atoms with E-state index in [9.17, 15) is 9.18 Å². The Hall–Kier alpha value is -1.17. The number of nitrogens with two attached hydrogens (primary N) is 1. The van der Waals surface area contributed by atoms with Gasteiger partial charge in [-0.25, -0.2) is 4.39 Å². The smallest absolute Gasteiger partial charge is 0.227 e. The van der Waals surface area contributed by atoms with E-state index in [1.807, 2.05) is 0 Å². The third-order valence-electron chi connectivity index (χ3n) is 2.55. The van der Waals surface area contributed by atoms with E-state index < -0.39 is 0 Å². The molecule has 4 nitrogen and oxygen atoms in total. The molecule has 0 bridgehead atoms. The summed E-state index contributed by atoms with van der Waals surface area (Å²) in [5.41, 5.74) is 6.31. The Bertz CT molecular complexity index is 398. The molecule has 3 N–H and O–H groups in total. The molecule has 0 aliphatic heterocycles. The van der Waals surface area contributed by atoms with E-state index in [2.05, 4.69) is 5.32 Å². The number of hydrogen-bond donors (Lipinski definition) is 2. The van der Waals surface area contributed by atoms with Gasteiger partial charge in [-0.3, -0.25) is 4.79 Å². The third-order valence-corrected chi connectivity index (χ3v) is 2.55. The van der Waals surface area contributed by atoms with Crippen LogP contribution in [0.1, 0.15) is 12.0 Å². The molecule has 18 heavy (non-hydrogen) atoms. The standard InChI is InChI=1S/C12H17FN2O2.ClH/c1-8-10(13)4-3-5-11(8)15-12(16)6-9(7-14)17-2;/h3-5,9H,6-7,14H2,1-2H3,(H,15,16);1H. The molecule has 1 aromatic rings. The predicted octanol–water partition coefficient (Wildman–Crippen LogP) is 1.86. The van der Waals surface area contributed by atoms with Gasteiger partial charge in [0.2, 0.25) is 5.91 Å². The Morgan fingerprint density at radius 2 is 2.22 bits per heavy atom. The fraction of sp³-hybridized carbons (Fsp3) is 0.417. The molecule has 1 unspecified atom stereocenters. The molecule has 102 valence electrons. The zero-order valence-corrected chi connectivity index (χ0v) is 11.2. The molecule has 1 aromatic carbocycles. The van der Waals surface area contributed by atoms with Crippen molar-refractivity contribution in [3.8, 4) is 0 Å². The van der Waals surface area contributed by atoms with E-state index in [0.29, 0.717) is 11.3 Å². The zero-order valence-electron chi connectivity index (χ0n) is 10.4. The first-order chi connectivity index (χ1) is 8.08. The average molecular weight is 277 g/mol. The van der Waals surface area contributed by atoms with Crippen molar-refractivity contribution in [2.24, 2.45) is 5.73 Å². The van der Waals surface area contributed by atoms with Crippen LogP contribution in [-0.2, 0) is 9.53 Å². The first-order valence-corrected chi connectivity index (χ1v) is 5.36. The molecule has 0 aromatic heterocycles. The molecule has 1 atom stereocenters. The lowest BCUT2D eigenvalue weighted by Gasteiger charge is -2.13. The molecular formula is C12H18ClFN2O2. The van der Waals surface area contributed by atoms with Crippen molar-refractivity contribution in [2.75, 3.05) is 19.0 Å². The monoisotopic (exact) mass is 276 g/mol. The van der Waals surface area contributed by atoms with Gasteiger partial charge >= 0.3 is 0 Å². The molecule has 0 saturated heterocycles. The summed E-state index contributed by atoms with van der Waals surface area (Å²) in [5, 5.41) is 2.64. The molecule has 0 radical (unpaired) electrons. The molecule has 0 fully saturated rings. The summed E-state index contributed by atoms with van der Waals surface area (Å²) in [6.07, 6.45) is -0.160. The summed E-state index contributed by atoms with van der Waals surface area (Å²) in [5.74, 6) is -0.582. The number of amides is 1.